The number of aliphatic carboxylic acids is 1. The number of hydrogen-bond acceptors (Lipinski definition) is 3. The highest BCUT2D eigenvalue weighted by molar-refractivity contribution is 6.15. The fourth-order valence-corrected chi connectivity index (χ4v) is 0.274. The Bertz CT molecular complexity index is 219. The van der Waals surface area contributed by atoms with Crippen LogP contribution in [-0.4, -0.2) is 32.0 Å². The fourth-order valence-electron chi connectivity index (χ4n) is 0.274. The highest BCUT2D eigenvalue weighted by Gasteiger charge is 2.01. The SMILES string of the molecule is C=C/C=C(\C#N)C(=O)O.[SiH3]O[SiH3]. The van der Waals surface area contributed by atoms with Gasteiger partial charge in [-0.25, -0.2) is 4.79 Å². The van der Waals surface area contributed by atoms with Gasteiger partial charge in [-0.2, -0.15) is 5.26 Å². The van der Waals surface area contributed by atoms with Crippen LogP contribution >= 0.6 is 0 Å². The molecule has 0 aromatic heterocycles. The van der Waals surface area contributed by atoms with Gasteiger partial charge in [-0.05, 0) is 6.08 Å². The smallest absolute Gasteiger partial charge is 0.346 e. The number of nitriles is 1. The fraction of sp³-hybridized carbons (Fsp3) is 0. The van der Waals surface area contributed by atoms with Crippen molar-refractivity contribution in [1.82, 2.24) is 0 Å². The van der Waals surface area contributed by atoms with Gasteiger partial charge in [0.1, 0.15) is 32.6 Å². The van der Waals surface area contributed by atoms with Crippen molar-refractivity contribution in [2.75, 3.05) is 0 Å². The van der Waals surface area contributed by atoms with Crippen molar-refractivity contribution in [3.63, 3.8) is 0 Å². The van der Waals surface area contributed by atoms with E-state index >= 15 is 0 Å². The van der Waals surface area contributed by atoms with E-state index in [1.54, 1.807) is 0 Å². The molecule has 0 unspecified atom stereocenters. The number of rotatable bonds is 2. The molecule has 0 aliphatic rings. The summed E-state index contributed by atoms with van der Waals surface area (Å²) in [5.41, 5.74) is -0.301. The molecule has 0 bridgehead atoms. The van der Waals surface area contributed by atoms with Crippen molar-refractivity contribution in [3.8, 4) is 6.07 Å². The zero-order chi connectivity index (χ0) is 9.98. The molecular formula is C6H11NO3Si2. The first-order chi connectivity index (χ1) is 5.63. The third-order valence-corrected chi connectivity index (χ3v) is 0.635. The second-order valence-electron chi connectivity index (χ2n) is 1.64. The lowest BCUT2D eigenvalue weighted by molar-refractivity contribution is -0.132. The van der Waals surface area contributed by atoms with Gasteiger partial charge in [-0.3, -0.25) is 0 Å². The van der Waals surface area contributed by atoms with Gasteiger partial charge in [-0.15, -0.1) is 0 Å². The number of hydrogen-bond donors (Lipinski definition) is 1. The highest BCUT2D eigenvalue weighted by Crippen LogP contribution is 1.90. The molecule has 0 aromatic carbocycles. The first kappa shape index (κ1) is 13.4. The predicted octanol–water partition coefficient (Wildman–Crippen LogP) is -1.73. The predicted molar refractivity (Wildman–Crippen MR) is 52.5 cm³/mol. The second-order valence-corrected chi connectivity index (χ2v) is 4.91. The summed E-state index contributed by atoms with van der Waals surface area (Å²) < 4.78 is 4.53. The molecule has 0 atom stereocenters. The van der Waals surface area contributed by atoms with Crippen LogP contribution in [0.3, 0.4) is 0 Å². The topological polar surface area (TPSA) is 70.3 Å². The number of carboxylic acids is 1. The summed E-state index contributed by atoms with van der Waals surface area (Å²) in [7, 11) is 1.86. The van der Waals surface area contributed by atoms with Crippen molar-refractivity contribution in [2.24, 2.45) is 0 Å². The Hall–Kier alpha value is -1.17. The quantitative estimate of drug-likeness (QED) is 0.249. The average Bonchev–Trinajstić information content (AvgIpc) is 2.01. The summed E-state index contributed by atoms with van der Waals surface area (Å²) in [6.45, 7) is 3.24. The molecule has 4 nitrogen and oxygen atoms in total. The molecule has 0 aliphatic heterocycles. The molecular weight excluding hydrogens is 190 g/mol. The summed E-state index contributed by atoms with van der Waals surface area (Å²) in [4.78, 5) is 9.98. The van der Waals surface area contributed by atoms with Gasteiger partial charge >= 0.3 is 5.97 Å². The Balaban J connectivity index is 0. The lowest BCUT2D eigenvalue weighted by Crippen LogP contribution is -1.96. The van der Waals surface area contributed by atoms with Crippen LogP contribution in [0, 0.1) is 11.3 Å². The lowest BCUT2D eigenvalue weighted by Gasteiger charge is -1.81. The summed E-state index contributed by atoms with van der Waals surface area (Å²) in [6.07, 6.45) is 2.40. The first-order valence-corrected chi connectivity index (χ1v) is 4.63. The minimum Gasteiger partial charge on any atom is -0.477 e. The molecule has 0 amide bonds. The van der Waals surface area contributed by atoms with E-state index in [2.05, 4.69) is 10.7 Å². The van der Waals surface area contributed by atoms with Gasteiger partial charge in [0.2, 0.25) is 0 Å². The van der Waals surface area contributed by atoms with Gasteiger partial charge in [0, 0.05) is 0 Å². The molecule has 0 aliphatic carbocycles. The van der Waals surface area contributed by atoms with Crippen LogP contribution in [0.5, 0.6) is 0 Å². The van der Waals surface area contributed by atoms with E-state index in [0.717, 1.165) is 27.0 Å². The number of carboxylic acid groups (broad SMARTS) is 1. The van der Waals surface area contributed by atoms with Crippen LogP contribution < -0.4 is 0 Å². The summed E-state index contributed by atoms with van der Waals surface area (Å²) in [5, 5.41) is 16.2. The van der Waals surface area contributed by atoms with Gasteiger partial charge in [0.15, 0.2) is 0 Å². The maximum Gasteiger partial charge on any atom is 0.346 e. The first-order valence-electron chi connectivity index (χ1n) is 3.00. The summed E-state index contributed by atoms with van der Waals surface area (Å²) in [5.74, 6) is -1.22. The Morgan fingerprint density at radius 3 is 2.17 bits per heavy atom. The summed E-state index contributed by atoms with van der Waals surface area (Å²) in [6, 6.07) is 1.49. The molecule has 66 valence electrons. The van der Waals surface area contributed by atoms with Gasteiger partial charge in [-0.1, -0.05) is 12.7 Å². The largest absolute Gasteiger partial charge is 0.477 e. The van der Waals surface area contributed by atoms with Gasteiger partial charge in [0.25, 0.3) is 0 Å². The van der Waals surface area contributed by atoms with Gasteiger partial charge in [0.05, 0.1) is 0 Å². The van der Waals surface area contributed by atoms with E-state index < -0.39 is 5.97 Å². The van der Waals surface area contributed by atoms with Crippen LogP contribution in [0.1, 0.15) is 0 Å². The van der Waals surface area contributed by atoms with E-state index in [4.69, 9.17) is 10.4 Å². The summed E-state index contributed by atoms with van der Waals surface area (Å²) >= 11 is 0. The van der Waals surface area contributed by atoms with Crippen molar-refractivity contribution >= 4 is 26.9 Å². The minimum absolute atomic E-state index is 0.301. The number of allylic oxidation sites excluding steroid dienone is 2. The zero-order valence-corrected chi connectivity index (χ0v) is 11.1. The average molecular weight is 201 g/mol. The van der Waals surface area contributed by atoms with Crippen molar-refractivity contribution < 1.29 is 14.0 Å². The monoisotopic (exact) mass is 201 g/mol. The van der Waals surface area contributed by atoms with Crippen molar-refractivity contribution in [2.45, 2.75) is 0 Å². The second kappa shape index (κ2) is 9.83. The van der Waals surface area contributed by atoms with Crippen LogP contribution in [0.25, 0.3) is 0 Å². The molecule has 1 N–H and O–H groups in total. The molecule has 12 heavy (non-hydrogen) atoms. The third-order valence-electron chi connectivity index (χ3n) is 0.635. The van der Waals surface area contributed by atoms with Crippen LogP contribution in [0.4, 0.5) is 0 Å². The van der Waals surface area contributed by atoms with Gasteiger partial charge < -0.3 is 9.22 Å². The number of carbonyl (C=O) groups is 1. The van der Waals surface area contributed by atoms with Crippen LogP contribution in [0.2, 0.25) is 0 Å². The minimum atomic E-state index is -1.22. The molecule has 0 spiro atoms. The molecule has 0 aromatic rings. The molecule has 0 heterocycles. The standard InChI is InChI=1S/C6H5NO2.H6OSi2/c1-2-3-5(4-7)6(8)9;2-1-3/h2-3H,1H2,(H,8,9);2-3H3/b5-3+;. The Labute approximate surface area is 77.2 Å². The molecule has 0 saturated heterocycles. The van der Waals surface area contributed by atoms with Crippen LogP contribution in [0.15, 0.2) is 24.3 Å². The lowest BCUT2D eigenvalue weighted by atomic mass is 10.3. The Morgan fingerprint density at radius 1 is 1.67 bits per heavy atom. The molecule has 0 rings (SSSR count). The Morgan fingerprint density at radius 2 is 2.08 bits per heavy atom. The van der Waals surface area contributed by atoms with Crippen molar-refractivity contribution in [3.05, 3.63) is 24.3 Å². The number of nitrogens with zero attached hydrogens (tertiary/aromatic N) is 1. The van der Waals surface area contributed by atoms with E-state index in [1.165, 1.54) is 12.1 Å². The Kier molecular flexibility index (Phi) is 11.0. The van der Waals surface area contributed by atoms with Crippen molar-refractivity contribution in [1.29, 1.82) is 5.26 Å². The maximum absolute atomic E-state index is 9.98. The van der Waals surface area contributed by atoms with E-state index in [1.807, 2.05) is 0 Å². The normalized spacial score (nSPS) is 9.42. The van der Waals surface area contributed by atoms with E-state index in [9.17, 15) is 4.79 Å². The third kappa shape index (κ3) is 8.83. The highest BCUT2D eigenvalue weighted by atomic mass is 28.3. The molecule has 0 fully saturated rings. The zero-order valence-electron chi connectivity index (χ0n) is 7.07. The van der Waals surface area contributed by atoms with Crippen LogP contribution in [-0.2, 0) is 8.91 Å². The molecule has 0 radical (unpaired) electrons. The van der Waals surface area contributed by atoms with E-state index in [0.29, 0.717) is 0 Å². The maximum atomic E-state index is 9.98. The van der Waals surface area contributed by atoms with E-state index in [-0.39, 0.29) is 5.57 Å². The molecule has 6 heteroatoms. The molecule has 0 saturated carbocycles.